The number of fused-ring (bicyclic) bond motifs is 2. The van der Waals surface area contributed by atoms with Gasteiger partial charge in [-0.25, -0.2) is 0 Å². The van der Waals surface area contributed by atoms with Crippen molar-refractivity contribution in [1.82, 2.24) is 0 Å². The molecule has 6 atom stereocenters. The number of aliphatic hydroxyl groups is 1. The molecule has 0 radical (unpaired) electrons. The molecule has 0 aliphatic heterocycles. The molecule has 0 heterocycles. The van der Waals surface area contributed by atoms with Gasteiger partial charge in [0.05, 0.1) is 82.5 Å². The zero-order valence-electron chi connectivity index (χ0n) is 38.7. The fraction of sp³-hybridized carbons (Fsp3) is 0.660. The molecular formula is C47H73KO12S2. The monoisotopic (exact) mass is 932 g/mol. The second-order valence-electron chi connectivity index (χ2n) is 16.1. The molecule has 0 spiro atoms. The van der Waals surface area contributed by atoms with Gasteiger partial charge in [-0.05, 0) is 131 Å². The first kappa shape index (κ1) is 55.5. The van der Waals surface area contributed by atoms with Gasteiger partial charge in [-0.1, -0.05) is 66.6 Å². The van der Waals surface area contributed by atoms with Gasteiger partial charge in [-0.2, -0.15) is 16.8 Å². The molecule has 12 nitrogen and oxygen atoms in total. The van der Waals surface area contributed by atoms with Crippen LogP contribution in [0.25, 0.3) is 0 Å². The molecular weight excluding hydrogens is 860 g/mol. The molecule has 4 aliphatic rings. The normalized spacial score (nSPS) is 23.7. The largest absolute Gasteiger partial charge is 1.00 e. The van der Waals surface area contributed by atoms with E-state index in [9.17, 15) is 16.8 Å². The van der Waals surface area contributed by atoms with Crippen LogP contribution in [0, 0.1) is 49.4 Å². The minimum Gasteiger partial charge on any atom is -1.00 e. The first-order chi connectivity index (χ1) is 29.6. The Morgan fingerprint density at radius 1 is 0.500 bits per heavy atom. The number of aliphatic hydroxyl groups excluding tert-OH is 1. The summed E-state index contributed by atoms with van der Waals surface area (Å²) in [6, 6.07) is 13.1. The van der Waals surface area contributed by atoms with E-state index < -0.39 is 20.2 Å². The number of allylic oxidation sites excluding steroid dienone is 4. The standard InChI is InChI=1S/C23H34O6S.C14H22O5S.C10H16O.K.H/c1-19-8-10-20(11-9-19)30(24,25)29-17-16-27-13-12-26-14-15-28-18-23-21-6-4-2-3-5-7-22(21)23;1-3-8-17-9-10-18-11-12-19-20(15,16)14-6-4-13(2)5-7-14;11-7-10-8-5-3-1-2-4-6-9(8)10;;/h2-3,8-11,21-23H,4-7,12-18H2,1H3;4-7H,3,8-12H2,1-2H3;1-2,8-11H,3-7H2;;/q;;;+1;-1/b3-2+;;2-1+;;/t21-,22+,23?;;8-,9+,10?;;. The van der Waals surface area contributed by atoms with E-state index in [-0.39, 0.29) is 89.0 Å². The number of hydrogen-bond donors (Lipinski definition) is 1. The van der Waals surface area contributed by atoms with E-state index in [0.717, 1.165) is 53.7 Å². The van der Waals surface area contributed by atoms with Gasteiger partial charge in [0.1, 0.15) is 0 Å². The third-order valence-electron chi connectivity index (χ3n) is 11.6. The van der Waals surface area contributed by atoms with Crippen molar-refractivity contribution < 1.29 is 107 Å². The number of ether oxygens (including phenoxy) is 5. The average molecular weight is 933 g/mol. The predicted octanol–water partition coefficient (Wildman–Crippen LogP) is 4.97. The fourth-order valence-electron chi connectivity index (χ4n) is 7.98. The van der Waals surface area contributed by atoms with Crippen LogP contribution in [0.3, 0.4) is 0 Å². The van der Waals surface area contributed by atoms with Crippen molar-refractivity contribution in [2.45, 2.75) is 88.3 Å². The molecule has 2 aromatic carbocycles. The molecule has 2 aromatic rings. The van der Waals surface area contributed by atoms with Gasteiger partial charge in [0.2, 0.25) is 0 Å². The Morgan fingerprint density at radius 3 is 1.18 bits per heavy atom. The van der Waals surface area contributed by atoms with E-state index in [2.05, 4.69) is 24.3 Å². The number of hydrogen-bond acceptors (Lipinski definition) is 12. The van der Waals surface area contributed by atoms with Crippen LogP contribution in [0.15, 0.2) is 82.6 Å². The van der Waals surface area contributed by atoms with Gasteiger partial charge < -0.3 is 30.2 Å². The van der Waals surface area contributed by atoms with E-state index in [1.54, 1.807) is 36.4 Å². The molecule has 0 aromatic heterocycles. The van der Waals surface area contributed by atoms with Crippen molar-refractivity contribution in [2.24, 2.45) is 35.5 Å². The predicted molar refractivity (Wildman–Crippen MR) is 237 cm³/mol. The maximum atomic E-state index is 12.0. The van der Waals surface area contributed by atoms with Gasteiger partial charge in [0, 0.05) is 13.2 Å². The molecule has 6 rings (SSSR count). The van der Waals surface area contributed by atoms with Crippen LogP contribution in [-0.4, -0.2) is 108 Å². The quantitative estimate of drug-likeness (QED) is 0.0655. The summed E-state index contributed by atoms with van der Waals surface area (Å²) in [7, 11) is -7.42. The van der Waals surface area contributed by atoms with Crippen molar-refractivity contribution >= 4 is 20.2 Å². The summed E-state index contributed by atoms with van der Waals surface area (Å²) in [6.45, 7) is 11.2. The molecule has 1 N–H and O–H groups in total. The van der Waals surface area contributed by atoms with Gasteiger partial charge in [0.15, 0.2) is 0 Å². The molecule has 0 amide bonds. The van der Waals surface area contributed by atoms with Crippen LogP contribution >= 0.6 is 0 Å². The zero-order valence-corrected chi connectivity index (χ0v) is 42.5. The Balaban J connectivity index is 0.000000355. The Bertz CT molecular complexity index is 1750. The Kier molecular flexibility index (Phi) is 27.9. The van der Waals surface area contributed by atoms with E-state index >= 15 is 0 Å². The molecule has 2 saturated carbocycles. The molecule has 4 aliphatic carbocycles. The maximum absolute atomic E-state index is 12.0. The third kappa shape index (κ3) is 21.2. The minimum atomic E-state index is -3.73. The first-order valence-corrected chi connectivity index (χ1v) is 25.1. The molecule has 0 bridgehead atoms. The van der Waals surface area contributed by atoms with Crippen LogP contribution in [0.4, 0.5) is 0 Å². The first-order valence-electron chi connectivity index (χ1n) is 22.3. The SMILES string of the molecule is CCCOCCOCCOS(=O)(=O)c1ccc(C)cc1.Cc1ccc(S(=O)(=O)OCCOCCOCCOCC2[C@H]3CC/C=C/CC[C@@H]23)cc1.OCC1[C@H]2CC/C=C/CC[C@@H]12.[H-].[K+]. The Morgan fingerprint density at radius 2 is 0.823 bits per heavy atom. The van der Waals surface area contributed by atoms with Crippen molar-refractivity contribution in [1.29, 1.82) is 0 Å². The number of rotatable bonds is 24. The molecule has 0 saturated heterocycles. The van der Waals surface area contributed by atoms with E-state index in [0.29, 0.717) is 58.8 Å². The second kappa shape index (κ2) is 31.2. The van der Waals surface area contributed by atoms with Gasteiger partial charge in [-0.15, -0.1) is 0 Å². The molecule has 15 heteroatoms. The van der Waals surface area contributed by atoms with Gasteiger partial charge in [0.25, 0.3) is 20.2 Å². The van der Waals surface area contributed by atoms with Crippen molar-refractivity contribution in [3.63, 3.8) is 0 Å². The van der Waals surface area contributed by atoms with Crippen LogP contribution in [0.2, 0.25) is 0 Å². The summed E-state index contributed by atoms with van der Waals surface area (Å²) < 4.78 is 84.7. The van der Waals surface area contributed by atoms with Crippen LogP contribution < -0.4 is 51.4 Å². The number of aryl methyl sites for hydroxylation is 2. The summed E-state index contributed by atoms with van der Waals surface area (Å²) in [5.41, 5.74) is 2.00. The van der Waals surface area contributed by atoms with Crippen molar-refractivity contribution in [3.05, 3.63) is 84.0 Å². The Hall–Kier alpha value is -0.864. The molecule has 2 unspecified atom stereocenters. The van der Waals surface area contributed by atoms with Crippen LogP contribution in [-0.2, 0) is 52.3 Å². The third-order valence-corrected chi connectivity index (χ3v) is 14.2. The molecule has 62 heavy (non-hydrogen) atoms. The fourth-order valence-corrected chi connectivity index (χ4v) is 9.77. The summed E-state index contributed by atoms with van der Waals surface area (Å²) in [4.78, 5) is 0.319. The zero-order chi connectivity index (χ0) is 43.8. The molecule has 2 fully saturated rings. The van der Waals surface area contributed by atoms with E-state index in [1.807, 2.05) is 20.8 Å². The summed E-state index contributed by atoms with van der Waals surface area (Å²) >= 11 is 0. The van der Waals surface area contributed by atoms with Crippen LogP contribution in [0.5, 0.6) is 0 Å². The second-order valence-corrected chi connectivity index (χ2v) is 19.4. The average Bonchev–Trinajstić information content (AvgIpc) is 4.10. The minimum absolute atomic E-state index is 0. The molecule has 346 valence electrons. The Labute approximate surface area is 417 Å². The van der Waals surface area contributed by atoms with Crippen molar-refractivity contribution in [3.8, 4) is 0 Å². The van der Waals surface area contributed by atoms with Crippen LogP contribution in [0.1, 0.15) is 77.3 Å². The van der Waals surface area contributed by atoms with Gasteiger partial charge in [-0.3, -0.25) is 8.37 Å². The van der Waals surface area contributed by atoms with Gasteiger partial charge >= 0.3 is 51.4 Å². The summed E-state index contributed by atoms with van der Waals surface area (Å²) in [5.74, 6) is 4.86. The topological polar surface area (TPSA) is 153 Å². The smallest absolute Gasteiger partial charge is 1.00 e. The van der Waals surface area contributed by atoms with E-state index in [4.69, 9.17) is 37.2 Å². The number of benzene rings is 2. The van der Waals surface area contributed by atoms with E-state index in [1.165, 1.54) is 63.5 Å². The summed E-state index contributed by atoms with van der Waals surface area (Å²) in [6.07, 6.45) is 20.3. The van der Waals surface area contributed by atoms with Crippen molar-refractivity contribution in [2.75, 3.05) is 85.9 Å². The maximum Gasteiger partial charge on any atom is 1.00 e. The summed E-state index contributed by atoms with van der Waals surface area (Å²) in [5, 5.41) is 9.00.